The highest BCUT2D eigenvalue weighted by Gasteiger charge is 2.52. The topological polar surface area (TPSA) is 41.6 Å². The van der Waals surface area contributed by atoms with Gasteiger partial charge in [0.25, 0.3) is 0 Å². The minimum atomic E-state index is -2.64. The quantitative estimate of drug-likeness (QED) is 0.827. The monoisotopic (exact) mass is 378 g/mol. The Kier molecular flexibility index (Phi) is 4.97. The molecule has 3 aliphatic rings. The van der Waals surface area contributed by atoms with E-state index in [0.717, 1.165) is 39.1 Å². The van der Waals surface area contributed by atoms with E-state index in [0.29, 0.717) is 12.5 Å². The molecular formula is C21H28F2N2O2. The van der Waals surface area contributed by atoms with E-state index in [1.54, 1.807) is 0 Å². The molecule has 3 fully saturated rings. The third-order valence-electron chi connectivity index (χ3n) is 6.36. The van der Waals surface area contributed by atoms with Gasteiger partial charge in [0, 0.05) is 51.5 Å². The van der Waals surface area contributed by atoms with E-state index in [-0.39, 0.29) is 24.3 Å². The van der Waals surface area contributed by atoms with Gasteiger partial charge in [0.05, 0.1) is 5.60 Å². The van der Waals surface area contributed by atoms with E-state index in [4.69, 9.17) is 4.74 Å². The lowest BCUT2D eigenvalue weighted by Gasteiger charge is -2.50. The molecule has 1 aliphatic carbocycles. The molecule has 1 saturated carbocycles. The van der Waals surface area contributed by atoms with Gasteiger partial charge in [-0.25, -0.2) is 8.78 Å². The zero-order valence-corrected chi connectivity index (χ0v) is 15.8. The number of benzene rings is 1. The van der Waals surface area contributed by atoms with Gasteiger partial charge in [-0.05, 0) is 31.2 Å². The van der Waals surface area contributed by atoms with Crippen molar-refractivity contribution in [2.75, 3.05) is 26.2 Å². The minimum absolute atomic E-state index is 0.0844. The number of carbonyl (C=O) groups is 1. The van der Waals surface area contributed by atoms with Gasteiger partial charge >= 0.3 is 0 Å². The first-order chi connectivity index (χ1) is 12.9. The molecule has 6 heteroatoms. The summed E-state index contributed by atoms with van der Waals surface area (Å²) < 4.78 is 31.9. The maximum absolute atomic E-state index is 12.9. The number of carbonyl (C=O) groups excluding carboxylic acids is 1. The molecule has 1 amide bonds. The van der Waals surface area contributed by atoms with Gasteiger partial charge in [-0.3, -0.25) is 9.69 Å². The Morgan fingerprint density at radius 1 is 1.26 bits per heavy atom. The summed E-state index contributed by atoms with van der Waals surface area (Å²) in [5, 5.41) is 2.85. The lowest BCUT2D eigenvalue weighted by atomic mass is 9.78. The van der Waals surface area contributed by atoms with Crippen LogP contribution in [-0.4, -0.2) is 48.6 Å². The smallest absolute Gasteiger partial charge is 0.249 e. The van der Waals surface area contributed by atoms with Crippen LogP contribution >= 0.6 is 0 Å². The van der Waals surface area contributed by atoms with Crippen LogP contribution in [0.3, 0.4) is 0 Å². The van der Waals surface area contributed by atoms with Crippen LogP contribution in [-0.2, 0) is 16.1 Å². The summed E-state index contributed by atoms with van der Waals surface area (Å²) in [5.41, 5.74) is 2.50. The summed E-state index contributed by atoms with van der Waals surface area (Å²) in [7, 11) is 0. The van der Waals surface area contributed by atoms with Crippen molar-refractivity contribution in [1.82, 2.24) is 10.2 Å². The highest BCUT2D eigenvalue weighted by atomic mass is 19.3. The molecule has 0 radical (unpaired) electrons. The number of likely N-dealkylation sites (tertiary alicyclic amines) is 1. The normalized spacial score (nSPS) is 26.6. The summed E-state index contributed by atoms with van der Waals surface area (Å²) in [4.78, 5) is 14.3. The van der Waals surface area contributed by atoms with E-state index in [1.807, 2.05) is 0 Å². The van der Waals surface area contributed by atoms with Gasteiger partial charge in [-0.1, -0.05) is 29.8 Å². The lowest BCUT2D eigenvalue weighted by Crippen LogP contribution is -2.64. The second-order valence-electron chi connectivity index (χ2n) is 8.57. The van der Waals surface area contributed by atoms with Gasteiger partial charge < -0.3 is 10.1 Å². The Hall–Kier alpha value is -1.53. The molecule has 4 rings (SSSR count). The highest BCUT2D eigenvalue weighted by Crippen LogP contribution is 2.43. The number of hydrogen-bond donors (Lipinski definition) is 1. The van der Waals surface area contributed by atoms with Crippen LogP contribution in [0.15, 0.2) is 24.3 Å². The van der Waals surface area contributed by atoms with Crippen molar-refractivity contribution in [2.45, 2.75) is 50.7 Å². The molecular weight excluding hydrogens is 350 g/mol. The molecule has 2 aliphatic heterocycles. The Bertz CT molecular complexity index is 678. The first-order valence-electron chi connectivity index (χ1n) is 9.93. The van der Waals surface area contributed by atoms with E-state index < -0.39 is 11.8 Å². The van der Waals surface area contributed by atoms with Crippen molar-refractivity contribution < 1.29 is 18.3 Å². The van der Waals surface area contributed by atoms with E-state index in [9.17, 15) is 13.6 Å². The number of nitrogens with one attached hydrogen (secondary N) is 1. The molecule has 0 unspecified atom stereocenters. The zero-order valence-electron chi connectivity index (χ0n) is 15.8. The third kappa shape index (κ3) is 4.02. The molecule has 0 bridgehead atoms. The van der Waals surface area contributed by atoms with Crippen molar-refractivity contribution >= 4 is 5.91 Å². The Morgan fingerprint density at radius 3 is 2.63 bits per heavy atom. The number of hydrogen-bond acceptors (Lipinski definition) is 3. The van der Waals surface area contributed by atoms with Crippen LogP contribution < -0.4 is 5.32 Å². The summed E-state index contributed by atoms with van der Waals surface area (Å²) in [6.07, 6.45) is 1.26. The SMILES string of the molecule is Cc1ccc(CN2CC3(C2)OCC[C@@H]3CCNC(=O)C2CC(F)(F)C2)cc1. The van der Waals surface area contributed by atoms with Crippen LogP contribution in [0.4, 0.5) is 8.78 Å². The number of halogens is 2. The van der Waals surface area contributed by atoms with Crippen LogP contribution in [0.1, 0.15) is 36.8 Å². The van der Waals surface area contributed by atoms with Crippen LogP contribution in [0, 0.1) is 18.8 Å². The Morgan fingerprint density at radius 2 is 1.96 bits per heavy atom. The van der Waals surface area contributed by atoms with Gasteiger partial charge in [0.1, 0.15) is 0 Å². The zero-order chi connectivity index (χ0) is 19.1. The summed E-state index contributed by atoms with van der Waals surface area (Å²) in [6, 6.07) is 8.63. The molecule has 1 atom stereocenters. The summed E-state index contributed by atoms with van der Waals surface area (Å²) in [6.45, 7) is 6.20. The fourth-order valence-electron chi connectivity index (χ4n) is 4.68. The maximum Gasteiger partial charge on any atom is 0.249 e. The molecule has 27 heavy (non-hydrogen) atoms. The fraction of sp³-hybridized carbons (Fsp3) is 0.667. The minimum Gasteiger partial charge on any atom is -0.372 e. The third-order valence-corrected chi connectivity index (χ3v) is 6.36. The predicted octanol–water partition coefficient (Wildman–Crippen LogP) is 3.14. The molecule has 1 spiro atoms. The second kappa shape index (κ2) is 7.13. The first kappa shape index (κ1) is 18.8. The number of alkyl halides is 2. The molecule has 1 N–H and O–H groups in total. The van der Waals surface area contributed by atoms with Gasteiger partial charge in [-0.15, -0.1) is 0 Å². The molecule has 2 heterocycles. The molecule has 0 aromatic heterocycles. The predicted molar refractivity (Wildman–Crippen MR) is 98.5 cm³/mol. The van der Waals surface area contributed by atoms with Gasteiger partial charge in [0.2, 0.25) is 11.8 Å². The highest BCUT2D eigenvalue weighted by molar-refractivity contribution is 5.79. The fourth-order valence-corrected chi connectivity index (χ4v) is 4.68. The lowest BCUT2D eigenvalue weighted by molar-refractivity contribution is -0.150. The van der Waals surface area contributed by atoms with Gasteiger partial charge in [0.15, 0.2) is 0 Å². The largest absolute Gasteiger partial charge is 0.372 e. The molecule has 4 nitrogen and oxygen atoms in total. The number of rotatable bonds is 6. The Balaban J connectivity index is 1.21. The van der Waals surface area contributed by atoms with E-state index in [1.165, 1.54) is 11.1 Å². The number of ether oxygens (including phenoxy) is 1. The van der Waals surface area contributed by atoms with Crippen molar-refractivity contribution in [3.8, 4) is 0 Å². The summed E-state index contributed by atoms with van der Waals surface area (Å²) in [5.74, 6) is -2.95. The maximum atomic E-state index is 12.9. The van der Waals surface area contributed by atoms with E-state index in [2.05, 4.69) is 41.4 Å². The van der Waals surface area contributed by atoms with Crippen molar-refractivity contribution in [3.05, 3.63) is 35.4 Å². The van der Waals surface area contributed by atoms with Crippen LogP contribution in [0.2, 0.25) is 0 Å². The summed E-state index contributed by atoms with van der Waals surface area (Å²) >= 11 is 0. The average molecular weight is 378 g/mol. The van der Waals surface area contributed by atoms with Crippen molar-refractivity contribution in [1.29, 1.82) is 0 Å². The van der Waals surface area contributed by atoms with Crippen LogP contribution in [0.25, 0.3) is 0 Å². The molecule has 1 aromatic carbocycles. The Labute approximate surface area is 159 Å². The van der Waals surface area contributed by atoms with E-state index >= 15 is 0 Å². The second-order valence-corrected chi connectivity index (χ2v) is 8.57. The first-order valence-corrected chi connectivity index (χ1v) is 9.93. The average Bonchev–Trinajstić information content (AvgIpc) is 2.98. The van der Waals surface area contributed by atoms with Crippen LogP contribution in [0.5, 0.6) is 0 Å². The number of aryl methyl sites for hydroxylation is 1. The van der Waals surface area contributed by atoms with Crippen molar-refractivity contribution in [3.63, 3.8) is 0 Å². The van der Waals surface area contributed by atoms with Gasteiger partial charge in [-0.2, -0.15) is 0 Å². The number of nitrogens with zero attached hydrogens (tertiary/aromatic N) is 1. The standard InChI is InChI=1S/C21H28F2N2O2/c1-15-2-4-16(5-3-15)12-25-13-20(14-25)18(7-9-27-20)6-8-24-19(26)17-10-21(22,23)11-17/h2-5,17-18H,6-14H2,1H3,(H,24,26)/t18-/m0/s1. The molecule has 2 saturated heterocycles. The molecule has 1 aromatic rings. The molecule has 148 valence electrons. The number of amides is 1. The van der Waals surface area contributed by atoms with Crippen molar-refractivity contribution in [2.24, 2.45) is 11.8 Å².